The van der Waals surface area contributed by atoms with Gasteiger partial charge in [-0.05, 0) is 24.5 Å². The Morgan fingerprint density at radius 2 is 2.00 bits per heavy atom. The molecule has 0 aliphatic carbocycles. The van der Waals surface area contributed by atoms with Crippen LogP contribution >= 0.6 is 24.0 Å². The summed E-state index contributed by atoms with van der Waals surface area (Å²) in [5, 5.41) is 0.700. The molecular weight excluding hydrogens is 327 g/mol. The van der Waals surface area contributed by atoms with Crippen molar-refractivity contribution in [1.82, 2.24) is 4.90 Å². The standard InChI is InChI=1S/C15H21ClN2O3.ClH/c1-18(10-9-11-5-3-4-6-12(11)16)14(19)8-7-13(17)15(20)21-2;/h3-6,13H,7-10,17H2,1-2H3;1H. The molecule has 1 amide bonds. The first kappa shape index (κ1) is 20.7. The van der Waals surface area contributed by atoms with Crippen LogP contribution in [-0.2, 0) is 20.7 Å². The summed E-state index contributed by atoms with van der Waals surface area (Å²) in [6.07, 6.45) is 1.18. The Hall–Kier alpha value is -1.30. The Morgan fingerprint density at radius 3 is 2.59 bits per heavy atom. The molecule has 0 saturated carbocycles. The molecule has 22 heavy (non-hydrogen) atoms. The van der Waals surface area contributed by atoms with Gasteiger partial charge < -0.3 is 15.4 Å². The summed E-state index contributed by atoms with van der Waals surface area (Å²) in [7, 11) is 3.00. The zero-order valence-electron chi connectivity index (χ0n) is 12.8. The highest BCUT2D eigenvalue weighted by atomic mass is 35.5. The van der Waals surface area contributed by atoms with Crippen LogP contribution in [0.5, 0.6) is 0 Å². The molecule has 1 aromatic carbocycles. The first-order valence-electron chi connectivity index (χ1n) is 6.76. The number of likely N-dealkylation sites (N-methyl/N-ethyl adjacent to an activating group) is 1. The van der Waals surface area contributed by atoms with E-state index in [4.69, 9.17) is 17.3 Å². The van der Waals surface area contributed by atoms with Crippen LogP contribution in [-0.4, -0.2) is 43.5 Å². The fourth-order valence-corrected chi connectivity index (χ4v) is 2.08. The maximum absolute atomic E-state index is 11.9. The van der Waals surface area contributed by atoms with Crippen LogP contribution in [0.15, 0.2) is 24.3 Å². The van der Waals surface area contributed by atoms with Gasteiger partial charge in [0.15, 0.2) is 0 Å². The second kappa shape index (κ2) is 10.4. The monoisotopic (exact) mass is 348 g/mol. The minimum atomic E-state index is -0.754. The number of benzene rings is 1. The number of ether oxygens (including phenoxy) is 1. The number of esters is 1. The average molecular weight is 349 g/mol. The summed E-state index contributed by atoms with van der Waals surface area (Å²) in [6, 6.07) is 6.80. The average Bonchev–Trinajstić information content (AvgIpc) is 2.50. The van der Waals surface area contributed by atoms with Crippen LogP contribution in [0.1, 0.15) is 18.4 Å². The first-order valence-corrected chi connectivity index (χ1v) is 7.14. The molecule has 1 unspecified atom stereocenters. The topological polar surface area (TPSA) is 72.6 Å². The van der Waals surface area contributed by atoms with E-state index in [1.54, 1.807) is 11.9 Å². The molecule has 0 spiro atoms. The van der Waals surface area contributed by atoms with E-state index in [9.17, 15) is 9.59 Å². The number of carbonyl (C=O) groups is 2. The quantitative estimate of drug-likeness (QED) is 0.765. The summed E-state index contributed by atoms with van der Waals surface area (Å²) in [6.45, 7) is 0.566. The molecule has 124 valence electrons. The van der Waals surface area contributed by atoms with Crippen molar-refractivity contribution in [3.05, 3.63) is 34.9 Å². The van der Waals surface area contributed by atoms with Crippen LogP contribution in [0, 0.1) is 0 Å². The summed E-state index contributed by atoms with van der Waals surface area (Å²) in [5.41, 5.74) is 6.60. The van der Waals surface area contributed by atoms with Gasteiger partial charge in [-0.1, -0.05) is 29.8 Å². The lowest BCUT2D eigenvalue weighted by molar-refractivity contribution is -0.142. The largest absolute Gasteiger partial charge is 0.468 e. The van der Waals surface area contributed by atoms with Gasteiger partial charge in [-0.15, -0.1) is 12.4 Å². The number of hydrogen-bond acceptors (Lipinski definition) is 4. The van der Waals surface area contributed by atoms with E-state index in [-0.39, 0.29) is 31.2 Å². The van der Waals surface area contributed by atoms with Crippen molar-refractivity contribution >= 4 is 35.9 Å². The summed E-state index contributed by atoms with van der Waals surface area (Å²) < 4.78 is 4.52. The number of nitrogens with two attached hydrogens (primary N) is 1. The lowest BCUT2D eigenvalue weighted by Gasteiger charge is -2.18. The minimum Gasteiger partial charge on any atom is -0.468 e. The molecule has 0 aliphatic heterocycles. The maximum atomic E-state index is 11.9. The van der Waals surface area contributed by atoms with E-state index in [2.05, 4.69) is 4.74 Å². The number of amides is 1. The Bertz CT molecular complexity index is 497. The van der Waals surface area contributed by atoms with Crippen molar-refractivity contribution in [2.24, 2.45) is 5.73 Å². The normalized spacial score (nSPS) is 11.3. The zero-order valence-corrected chi connectivity index (χ0v) is 14.3. The summed E-state index contributed by atoms with van der Waals surface area (Å²) >= 11 is 6.07. The Balaban J connectivity index is 0.00000441. The molecule has 0 saturated heterocycles. The van der Waals surface area contributed by atoms with Crippen LogP contribution < -0.4 is 5.73 Å². The van der Waals surface area contributed by atoms with E-state index in [0.717, 1.165) is 5.56 Å². The van der Waals surface area contributed by atoms with Gasteiger partial charge in [0.2, 0.25) is 5.91 Å². The lowest BCUT2D eigenvalue weighted by atomic mass is 10.1. The second-order valence-electron chi connectivity index (χ2n) is 4.83. The van der Waals surface area contributed by atoms with Crippen LogP contribution in [0.4, 0.5) is 0 Å². The zero-order chi connectivity index (χ0) is 15.8. The van der Waals surface area contributed by atoms with Gasteiger partial charge in [0.25, 0.3) is 0 Å². The molecule has 0 heterocycles. The van der Waals surface area contributed by atoms with Gasteiger partial charge in [0.05, 0.1) is 7.11 Å². The number of halogens is 2. The highest BCUT2D eigenvalue weighted by molar-refractivity contribution is 6.31. The SMILES string of the molecule is COC(=O)C(N)CCC(=O)N(C)CCc1ccccc1Cl.Cl. The van der Waals surface area contributed by atoms with Gasteiger partial charge in [0.1, 0.15) is 6.04 Å². The third-order valence-corrected chi connectivity index (χ3v) is 3.64. The van der Waals surface area contributed by atoms with E-state index in [1.165, 1.54) is 7.11 Å². The highest BCUT2D eigenvalue weighted by Crippen LogP contribution is 2.15. The van der Waals surface area contributed by atoms with E-state index >= 15 is 0 Å². The van der Waals surface area contributed by atoms with Gasteiger partial charge in [-0.3, -0.25) is 9.59 Å². The summed E-state index contributed by atoms with van der Waals surface area (Å²) in [5.74, 6) is -0.553. The molecule has 7 heteroatoms. The summed E-state index contributed by atoms with van der Waals surface area (Å²) in [4.78, 5) is 24.7. The number of nitrogens with zero attached hydrogens (tertiary/aromatic N) is 1. The first-order chi connectivity index (χ1) is 9.95. The number of carbonyl (C=O) groups excluding carboxylic acids is 2. The molecule has 1 atom stereocenters. The fraction of sp³-hybridized carbons (Fsp3) is 0.467. The van der Waals surface area contributed by atoms with E-state index in [0.29, 0.717) is 18.0 Å². The minimum absolute atomic E-state index is 0. The van der Waals surface area contributed by atoms with Gasteiger partial charge in [-0.25, -0.2) is 0 Å². The highest BCUT2D eigenvalue weighted by Gasteiger charge is 2.17. The Morgan fingerprint density at radius 1 is 1.36 bits per heavy atom. The molecule has 0 fully saturated rings. The second-order valence-corrected chi connectivity index (χ2v) is 5.23. The smallest absolute Gasteiger partial charge is 0.322 e. The molecule has 0 aliphatic rings. The van der Waals surface area contributed by atoms with Crippen molar-refractivity contribution in [2.75, 3.05) is 20.7 Å². The third kappa shape index (κ3) is 6.64. The Labute approximate surface area is 142 Å². The Kier molecular flexibility index (Phi) is 9.81. The van der Waals surface area contributed by atoms with Crippen LogP contribution in [0.2, 0.25) is 5.02 Å². The van der Waals surface area contributed by atoms with Crippen molar-refractivity contribution in [2.45, 2.75) is 25.3 Å². The van der Waals surface area contributed by atoms with Crippen molar-refractivity contribution in [3.8, 4) is 0 Å². The van der Waals surface area contributed by atoms with E-state index < -0.39 is 12.0 Å². The van der Waals surface area contributed by atoms with E-state index in [1.807, 2.05) is 24.3 Å². The number of methoxy groups -OCH3 is 1. The van der Waals surface area contributed by atoms with Gasteiger partial charge >= 0.3 is 5.97 Å². The van der Waals surface area contributed by atoms with Crippen LogP contribution in [0.3, 0.4) is 0 Å². The fourth-order valence-electron chi connectivity index (χ4n) is 1.85. The van der Waals surface area contributed by atoms with Crippen molar-refractivity contribution in [1.29, 1.82) is 0 Å². The molecule has 0 bridgehead atoms. The lowest BCUT2D eigenvalue weighted by Crippen LogP contribution is -2.35. The number of hydrogen-bond donors (Lipinski definition) is 1. The molecule has 1 aromatic rings. The van der Waals surface area contributed by atoms with Crippen molar-refractivity contribution < 1.29 is 14.3 Å². The molecule has 1 rings (SSSR count). The molecule has 2 N–H and O–H groups in total. The molecule has 0 aromatic heterocycles. The molecule has 5 nitrogen and oxygen atoms in total. The maximum Gasteiger partial charge on any atom is 0.322 e. The molecule has 0 radical (unpaired) electrons. The number of rotatable bonds is 7. The van der Waals surface area contributed by atoms with Gasteiger partial charge in [0, 0.05) is 25.0 Å². The van der Waals surface area contributed by atoms with Crippen molar-refractivity contribution in [3.63, 3.8) is 0 Å². The third-order valence-electron chi connectivity index (χ3n) is 3.27. The predicted octanol–water partition coefficient (Wildman–Crippen LogP) is 2.04. The molecular formula is C15H22Cl2N2O3. The predicted molar refractivity (Wildman–Crippen MR) is 89.3 cm³/mol. The van der Waals surface area contributed by atoms with Crippen LogP contribution in [0.25, 0.3) is 0 Å². The van der Waals surface area contributed by atoms with Gasteiger partial charge in [-0.2, -0.15) is 0 Å².